The molecule has 0 spiro atoms. The summed E-state index contributed by atoms with van der Waals surface area (Å²) in [7, 11) is 0. The van der Waals surface area contributed by atoms with Crippen molar-refractivity contribution in [1.29, 1.82) is 0 Å². The number of thiocarbonyl (C=S) groups is 1. The molecule has 0 heterocycles. The van der Waals surface area contributed by atoms with Gasteiger partial charge in [-0.3, -0.25) is 9.59 Å². The van der Waals surface area contributed by atoms with Crippen molar-refractivity contribution in [3.8, 4) is 0 Å². The highest BCUT2D eigenvalue weighted by Crippen LogP contribution is 2.25. The summed E-state index contributed by atoms with van der Waals surface area (Å²) in [5.74, 6) is -0.947. The van der Waals surface area contributed by atoms with Gasteiger partial charge in [-0.1, -0.05) is 97.1 Å². The van der Waals surface area contributed by atoms with E-state index in [2.05, 4.69) is 16.0 Å². The monoisotopic (exact) mass is 493 g/mol. The number of hydrogen-bond acceptors (Lipinski definition) is 3. The molecule has 4 rings (SSSR count). The number of rotatable bonds is 7. The van der Waals surface area contributed by atoms with Crippen LogP contribution in [0.1, 0.15) is 45.9 Å². The van der Waals surface area contributed by atoms with Crippen molar-refractivity contribution < 1.29 is 9.59 Å². The minimum atomic E-state index is -0.510. The van der Waals surface area contributed by atoms with Gasteiger partial charge in [0.1, 0.15) is 0 Å². The van der Waals surface area contributed by atoms with E-state index in [0.29, 0.717) is 11.3 Å². The van der Waals surface area contributed by atoms with Crippen LogP contribution in [-0.4, -0.2) is 16.9 Å². The average molecular weight is 494 g/mol. The van der Waals surface area contributed by atoms with Crippen molar-refractivity contribution in [3.05, 3.63) is 138 Å². The first-order valence-electron chi connectivity index (χ1n) is 11.7. The number of nitrogens with one attached hydrogen (secondary N) is 3. The van der Waals surface area contributed by atoms with Gasteiger partial charge >= 0.3 is 0 Å². The van der Waals surface area contributed by atoms with E-state index >= 15 is 0 Å². The molecule has 0 aliphatic rings. The van der Waals surface area contributed by atoms with Gasteiger partial charge in [0.25, 0.3) is 5.91 Å². The summed E-state index contributed by atoms with van der Waals surface area (Å²) in [4.78, 5) is 26.1. The summed E-state index contributed by atoms with van der Waals surface area (Å²) >= 11 is 5.43. The first-order valence-corrected chi connectivity index (χ1v) is 12.1. The number of carbonyl (C=O) groups excluding carboxylic acids is 2. The smallest absolute Gasteiger partial charge is 0.251 e. The highest BCUT2D eigenvalue weighted by Gasteiger charge is 2.23. The second kappa shape index (κ2) is 11.9. The molecule has 0 aliphatic carbocycles. The van der Waals surface area contributed by atoms with Crippen LogP contribution in [0.5, 0.6) is 0 Å². The van der Waals surface area contributed by atoms with E-state index in [1.54, 1.807) is 24.3 Å². The van der Waals surface area contributed by atoms with E-state index in [-0.39, 0.29) is 23.0 Å². The molecule has 0 fully saturated rings. The van der Waals surface area contributed by atoms with Crippen LogP contribution in [0.4, 0.5) is 5.69 Å². The summed E-state index contributed by atoms with van der Waals surface area (Å²) < 4.78 is 0. The lowest BCUT2D eigenvalue weighted by molar-refractivity contribution is -0.120. The molecule has 2 amide bonds. The SMILES string of the molecule is CC(NC(=O)c1cccc(NC(=S)NC(=O)C(c2ccccc2)c2ccccc2)c1)c1ccccc1. The van der Waals surface area contributed by atoms with Crippen LogP contribution in [0.25, 0.3) is 0 Å². The van der Waals surface area contributed by atoms with Gasteiger partial charge in [-0.2, -0.15) is 0 Å². The zero-order valence-electron chi connectivity index (χ0n) is 19.8. The minimum absolute atomic E-state index is 0.136. The van der Waals surface area contributed by atoms with Gasteiger partial charge in [-0.05, 0) is 54.0 Å². The maximum absolute atomic E-state index is 13.3. The zero-order chi connectivity index (χ0) is 25.3. The van der Waals surface area contributed by atoms with E-state index in [0.717, 1.165) is 16.7 Å². The number of benzene rings is 4. The van der Waals surface area contributed by atoms with Crippen LogP contribution >= 0.6 is 12.2 Å². The van der Waals surface area contributed by atoms with Crippen molar-refractivity contribution in [2.75, 3.05) is 5.32 Å². The topological polar surface area (TPSA) is 70.2 Å². The Labute approximate surface area is 216 Å². The number of amides is 2. The molecule has 36 heavy (non-hydrogen) atoms. The van der Waals surface area contributed by atoms with Crippen molar-refractivity contribution in [1.82, 2.24) is 10.6 Å². The maximum Gasteiger partial charge on any atom is 0.251 e. The van der Waals surface area contributed by atoms with E-state index in [9.17, 15) is 9.59 Å². The van der Waals surface area contributed by atoms with Gasteiger partial charge < -0.3 is 16.0 Å². The molecular formula is C30H27N3O2S. The fourth-order valence-electron chi connectivity index (χ4n) is 3.98. The number of hydrogen-bond donors (Lipinski definition) is 3. The molecular weight excluding hydrogens is 466 g/mol. The van der Waals surface area contributed by atoms with E-state index in [1.165, 1.54) is 0 Å². The quantitative estimate of drug-likeness (QED) is 0.284. The van der Waals surface area contributed by atoms with E-state index < -0.39 is 5.92 Å². The second-order valence-corrected chi connectivity index (χ2v) is 8.79. The van der Waals surface area contributed by atoms with Crippen LogP contribution < -0.4 is 16.0 Å². The minimum Gasteiger partial charge on any atom is -0.346 e. The lowest BCUT2D eigenvalue weighted by Gasteiger charge is -2.19. The Bertz CT molecular complexity index is 1290. The highest BCUT2D eigenvalue weighted by molar-refractivity contribution is 7.80. The molecule has 0 bridgehead atoms. The predicted molar refractivity (Wildman–Crippen MR) is 148 cm³/mol. The molecule has 4 aromatic carbocycles. The van der Waals surface area contributed by atoms with Crippen LogP contribution in [0.2, 0.25) is 0 Å². The van der Waals surface area contributed by atoms with Crippen molar-refractivity contribution in [3.63, 3.8) is 0 Å². The Hall–Kier alpha value is -4.29. The number of carbonyl (C=O) groups is 2. The first kappa shape index (κ1) is 24.8. The normalized spacial score (nSPS) is 11.4. The third kappa shape index (κ3) is 6.43. The van der Waals surface area contributed by atoms with Gasteiger partial charge in [0, 0.05) is 11.3 Å². The second-order valence-electron chi connectivity index (χ2n) is 8.38. The lowest BCUT2D eigenvalue weighted by atomic mass is 9.90. The molecule has 1 atom stereocenters. The van der Waals surface area contributed by atoms with E-state index in [1.807, 2.05) is 97.9 Å². The Balaban J connectivity index is 1.43. The lowest BCUT2D eigenvalue weighted by Crippen LogP contribution is -2.38. The Kier molecular flexibility index (Phi) is 8.21. The van der Waals surface area contributed by atoms with Crippen molar-refractivity contribution >= 4 is 34.8 Å². The maximum atomic E-state index is 13.3. The molecule has 4 aromatic rings. The molecule has 0 radical (unpaired) electrons. The number of anilines is 1. The van der Waals surface area contributed by atoms with E-state index in [4.69, 9.17) is 12.2 Å². The fraction of sp³-hybridized carbons (Fsp3) is 0.100. The molecule has 6 heteroatoms. The van der Waals surface area contributed by atoms with Gasteiger partial charge in [0.15, 0.2) is 5.11 Å². The molecule has 0 saturated carbocycles. The third-order valence-electron chi connectivity index (χ3n) is 5.79. The molecule has 0 aromatic heterocycles. The molecule has 180 valence electrons. The van der Waals surface area contributed by atoms with Crippen molar-refractivity contribution in [2.24, 2.45) is 0 Å². The summed E-state index contributed by atoms with van der Waals surface area (Å²) in [6, 6.07) is 35.8. The van der Waals surface area contributed by atoms with Crippen LogP contribution in [0, 0.1) is 0 Å². The van der Waals surface area contributed by atoms with Gasteiger partial charge in [-0.25, -0.2) is 0 Å². The standard InChI is InChI=1S/C30H27N3O2S/c1-21(22-12-5-2-6-13-22)31-28(34)25-18-11-19-26(20-25)32-30(36)33-29(35)27(23-14-7-3-8-15-23)24-16-9-4-10-17-24/h2-21,27H,1H3,(H,31,34)(H2,32,33,35,36). The highest BCUT2D eigenvalue weighted by atomic mass is 32.1. The van der Waals surface area contributed by atoms with Crippen LogP contribution in [-0.2, 0) is 4.79 Å². The van der Waals surface area contributed by atoms with Crippen molar-refractivity contribution in [2.45, 2.75) is 18.9 Å². The molecule has 3 N–H and O–H groups in total. The molecule has 0 saturated heterocycles. The van der Waals surface area contributed by atoms with Crippen LogP contribution in [0.15, 0.2) is 115 Å². The fourth-order valence-corrected chi connectivity index (χ4v) is 4.19. The van der Waals surface area contributed by atoms with Gasteiger partial charge in [0.2, 0.25) is 5.91 Å². The van der Waals surface area contributed by atoms with Crippen LogP contribution in [0.3, 0.4) is 0 Å². The average Bonchev–Trinajstić information content (AvgIpc) is 2.90. The summed E-state index contributed by atoms with van der Waals surface area (Å²) in [5.41, 5.74) is 3.86. The summed E-state index contributed by atoms with van der Waals surface area (Å²) in [6.45, 7) is 1.94. The van der Waals surface area contributed by atoms with Gasteiger partial charge in [-0.15, -0.1) is 0 Å². The first-order chi connectivity index (χ1) is 17.5. The summed E-state index contributed by atoms with van der Waals surface area (Å²) in [5, 5.41) is 9.01. The van der Waals surface area contributed by atoms with Gasteiger partial charge in [0.05, 0.1) is 12.0 Å². The molecule has 1 unspecified atom stereocenters. The Morgan fingerprint density at radius 2 is 1.22 bits per heavy atom. The Morgan fingerprint density at radius 1 is 0.694 bits per heavy atom. The predicted octanol–water partition coefficient (Wildman–Crippen LogP) is 5.82. The Morgan fingerprint density at radius 3 is 1.78 bits per heavy atom. The molecule has 0 aliphatic heterocycles. The summed E-state index contributed by atoms with van der Waals surface area (Å²) in [6.07, 6.45) is 0. The largest absolute Gasteiger partial charge is 0.346 e. The third-order valence-corrected chi connectivity index (χ3v) is 6.00. The zero-order valence-corrected chi connectivity index (χ0v) is 20.7. The molecule has 5 nitrogen and oxygen atoms in total.